The van der Waals surface area contributed by atoms with Crippen LogP contribution in [0.15, 0.2) is 47.4 Å². The molecule has 2 aromatic carbocycles. The van der Waals surface area contributed by atoms with Crippen LogP contribution in [0, 0.1) is 6.92 Å². The minimum absolute atomic E-state index is 0.210. The van der Waals surface area contributed by atoms with Gasteiger partial charge in [-0.1, -0.05) is 19.1 Å². The molecular formula is C18H23NOS. The van der Waals surface area contributed by atoms with Crippen LogP contribution in [-0.4, -0.2) is 12.3 Å². The van der Waals surface area contributed by atoms with Gasteiger partial charge in [0.2, 0.25) is 0 Å². The SMILES string of the molecule is CCC(N)Cc1ccc(C)c(Oc2ccc(SC)cc2)c1. The first-order valence-corrected chi connectivity index (χ1v) is 8.52. The number of nitrogens with two attached hydrogens (primary N) is 1. The predicted molar refractivity (Wildman–Crippen MR) is 91.4 cm³/mol. The van der Waals surface area contributed by atoms with Crippen LogP contribution >= 0.6 is 11.8 Å². The highest BCUT2D eigenvalue weighted by molar-refractivity contribution is 7.98. The zero-order chi connectivity index (χ0) is 15.2. The second kappa shape index (κ2) is 7.53. The van der Waals surface area contributed by atoms with Crippen molar-refractivity contribution >= 4 is 11.8 Å². The molecule has 112 valence electrons. The maximum absolute atomic E-state index is 6.03. The van der Waals surface area contributed by atoms with Crippen molar-refractivity contribution in [3.63, 3.8) is 0 Å². The summed E-state index contributed by atoms with van der Waals surface area (Å²) in [4.78, 5) is 1.24. The minimum atomic E-state index is 0.210. The topological polar surface area (TPSA) is 35.2 Å². The molecule has 1 atom stereocenters. The van der Waals surface area contributed by atoms with Gasteiger partial charge in [0.05, 0.1) is 0 Å². The third-order valence-corrected chi connectivity index (χ3v) is 4.31. The molecule has 0 aliphatic rings. The van der Waals surface area contributed by atoms with Crippen molar-refractivity contribution in [2.45, 2.75) is 37.6 Å². The molecule has 0 heterocycles. The lowest BCUT2D eigenvalue weighted by Crippen LogP contribution is -2.21. The van der Waals surface area contributed by atoms with Crippen molar-refractivity contribution in [2.75, 3.05) is 6.26 Å². The summed E-state index contributed by atoms with van der Waals surface area (Å²) in [5.41, 5.74) is 8.40. The van der Waals surface area contributed by atoms with Crippen LogP contribution in [0.2, 0.25) is 0 Å². The van der Waals surface area contributed by atoms with E-state index in [9.17, 15) is 0 Å². The zero-order valence-corrected chi connectivity index (χ0v) is 13.7. The van der Waals surface area contributed by atoms with Crippen LogP contribution in [0.4, 0.5) is 0 Å². The number of rotatable bonds is 6. The Balaban J connectivity index is 2.15. The quantitative estimate of drug-likeness (QED) is 0.779. The van der Waals surface area contributed by atoms with Crippen LogP contribution in [-0.2, 0) is 6.42 Å². The molecule has 0 spiro atoms. The molecule has 2 nitrogen and oxygen atoms in total. The average Bonchev–Trinajstić information content (AvgIpc) is 2.51. The first-order valence-electron chi connectivity index (χ1n) is 7.29. The smallest absolute Gasteiger partial charge is 0.130 e. The summed E-state index contributed by atoms with van der Waals surface area (Å²) in [6, 6.07) is 14.7. The van der Waals surface area contributed by atoms with Gasteiger partial charge >= 0.3 is 0 Å². The van der Waals surface area contributed by atoms with Crippen LogP contribution in [0.5, 0.6) is 11.5 Å². The molecule has 2 rings (SSSR count). The highest BCUT2D eigenvalue weighted by Gasteiger charge is 2.06. The summed E-state index contributed by atoms with van der Waals surface area (Å²) in [5, 5.41) is 0. The first kappa shape index (κ1) is 15.9. The summed E-state index contributed by atoms with van der Waals surface area (Å²) in [7, 11) is 0. The molecule has 21 heavy (non-hydrogen) atoms. The monoisotopic (exact) mass is 301 g/mol. The van der Waals surface area contributed by atoms with Crippen LogP contribution < -0.4 is 10.5 Å². The maximum atomic E-state index is 6.03. The van der Waals surface area contributed by atoms with E-state index in [-0.39, 0.29) is 6.04 Å². The van der Waals surface area contributed by atoms with Gasteiger partial charge in [-0.15, -0.1) is 11.8 Å². The van der Waals surface area contributed by atoms with E-state index in [0.717, 1.165) is 29.9 Å². The summed E-state index contributed by atoms with van der Waals surface area (Å²) in [6.07, 6.45) is 3.94. The van der Waals surface area contributed by atoms with Crippen molar-refractivity contribution in [1.82, 2.24) is 0 Å². The van der Waals surface area contributed by atoms with Gasteiger partial charge in [-0.2, -0.15) is 0 Å². The van der Waals surface area contributed by atoms with E-state index in [0.29, 0.717) is 0 Å². The summed E-state index contributed by atoms with van der Waals surface area (Å²) in [6.45, 7) is 4.18. The summed E-state index contributed by atoms with van der Waals surface area (Å²) in [5.74, 6) is 1.78. The lowest BCUT2D eigenvalue weighted by atomic mass is 10.0. The lowest BCUT2D eigenvalue weighted by molar-refractivity contribution is 0.477. The van der Waals surface area contributed by atoms with Crippen molar-refractivity contribution in [2.24, 2.45) is 5.73 Å². The zero-order valence-electron chi connectivity index (χ0n) is 12.9. The molecule has 1 unspecified atom stereocenters. The second-order valence-corrected chi connectivity index (χ2v) is 6.13. The standard InChI is InChI=1S/C18H23NOS/c1-4-15(19)11-14-6-5-13(2)18(12-14)20-16-7-9-17(21-3)10-8-16/h5-10,12,15H,4,11,19H2,1-3H3. The maximum Gasteiger partial charge on any atom is 0.130 e. The average molecular weight is 301 g/mol. The van der Waals surface area contributed by atoms with Crippen molar-refractivity contribution in [3.05, 3.63) is 53.6 Å². The van der Waals surface area contributed by atoms with Crippen molar-refractivity contribution < 1.29 is 4.74 Å². The fourth-order valence-electron chi connectivity index (χ4n) is 2.10. The van der Waals surface area contributed by atoms with E-state index in [1.165, 1.54) is 10.5 Å². The fourth-order valence-corrected chi connectivity index (χ4v) is 2.51. The minimum Gasteiger partial charge on any atom is -0.457 e. The molecule has 0 bridgehead atoms. The van der Waals surface area contributed by atoms with Gasteiger partial charge in [0.25, 0.3) is 0 Å². The van der Waals surface area contributed by atoms with Gasteiger partial charge in [-0.3, -0.25) is 0 Å². The van der Waals surface area contributed by atoms with E-state index in [1.54, 1.807) is 11.8 Å². The Hall–Kier alpha value is -1.45. The van der Waals surface area contributed by atoms with Gasteiger partial charge in [0.1, 0.15) is 11.5 Å². The van der Waals surface area contributed by atoms with Crippen LogP contribution in [0.25, 0.3) is 0 Å². The van der Waals surface area contributed by atoms with E-state index < -0.39 is 0 Å². The highest BCUT2D eigenvalue weighted by Crippen LogP contribution is 2.28. The Labute approximate surface area is 131 Å². The second-order valence-electron chi connectivity index (χ2n) is 5.25. The Bertz CT molecular complexity index is 580. The molecule has 2 N–H and O–H groups in total. The Morgan fingerprint density at radius 3 is 2.48 bits per heavy atom. The predicted octanol–water partition coefficient (Wildman–Crippen LogP) is 4.79. The van der Waals surface area contributed by atoms with Gasteiger partial charge in [-0.25, -0.2) is 0 Å². The van der Waals surface area contributed by atoms with Gasteiger partial charge in [-0.05, 0) is 67.5 Å². The van der Waals surface area contributed by atoms with E-state index in [1.807, 2.05) is 12.1 Å². The molecule has 0 saturated carbocycles. The number of benzene rings is 2. The Kier molecular flexibility index (Phi) is 5.71. The van der Waals surface area contributed by atoms with Crippen LogP contribution in [0.3, 0.4) is 0 Å². The Morgan fingerprint density at radius 1 is 1.14 bits per heavy atom. The van der Waals surface area contributed by atoms with E-state index in [2.05, 4.69) is 50.4 Å². The van der Waals surface area contributed by atoms with Crippen LogP contribution in [0.1, 0.15) is 24.5 Å². The lowest BCUT2D eigenvalue weighted by Gasteiger charge is -2.13. The molecule has 3 heteroatoms. The number of aryl methyl sites for hydroxylation is 1. The first-order chi connectivity index (χ1) is 10.1. The molecule has 0 fully saturated rings. The number of ether oxygens (including phenoxy) is 1. The molecule has 0 aliphatic heterocycles. The van der Waals surface area contributed by atoms with E-state index in [4.69, 9.17) is 10.5 Å². The number of thioether (sulfide) groups is 1. The molecule has 0 aliphatic carbocycles. The third kappa shape index (κ3) is 4.51. The number of hydrogen-bond donors (Lipinski definition) is 1. The fraction of sp³-hybridized carbons (Fsp3) is 0.333. The molecule has 0 aromatic heterocycles. The molecule has 0 saturated heterocycles. The van der Waals surface area contributed by atoms with E-state index >= 15 is 0 Å². The molecular weight excluding hydrogens is 278 g/mol. The Morgan fingerprint density at radius 2 is 1.86 bits per heavy atom. The summed E-state index contributed by atoms with van der Waals surface area (Å²) < 4.78 is 6.01. The molecule has 0 amide bonds. The largest absolute Gasteiger partial charge is 0.457 e. The molecule has 0 radical (unpaired) electrons. The molecule has 2 aromatic rings. The van der Waals surface area contributed by atoms with Gasteiger partial charge < -0.3 is 10.5 Å². The van der Waals surface area contributed by atoms with Crippen molar-refractivity contribution in [3.8, 4) is 11.5 Å². The van der Waals surface area contributed by atoms with Gasteiger partial charge in [0, 0.05) is 10.9 Å². The summed E-state index contributed by atoms with van der Waals surface area (Å²) >= 11 is 1.73. The normalized spacial score (nSPS) is 12.2. The number of hydrogen-bond acceptors (Lipinski definition) is 3. The third-order valence-electron chi connectivity index (χ3n) is 3.56. The highest BCUT2D eigenvalue weighted by atomic mass is 32.2. The van der Waals surface area contributed by atoms with Gasteiger partial charge in [0.15, 0.2) is 0 Å². The van der Waals surface area contributed by atoms with Crippen molar-refractivity contribution in [1.29, 1.82) is 0 Å².